The van der Waals surface area contributed by atoms with Crippen molar-refractivity contribution in [3.63, 3.8) is 0 Å². The Labute approximate surface area is 149 Å². The van der Waals surface area contributed by atoms with Crippen LogP contribution in [0, 0.1) is 0 Å². The molecule has 130 valence electrons. The third-order valence-electron chi connectivity index (χ3n) is 3.65. The second-order valence-corrected chi connectivity index (χ2v) is 6.32. The Hall–Kier alpha value is -2.61. The van der Waals surface area contributed by atoms with Crippen molar-refractivity contribution in [2.75, 3.05) is 5.75 Å². The molecule has 0 aromatic carbocycles. The van der Waals surface area contributed by atoms with Gasteiger partial charge in [-0.15, -0.1) is 10.2 Å². The number of amides is 1. The molecule has 3 heterocycles. The van der Waals surface area contributed by atoms with E-state index in [9.17, 15) is 4.79 Å². The molecule has 7 nitrogen and oxygen atoms in total. The summed E-state index contributed by atoms with van der Waals surface area (Å²) in [6.07, 6.45) is 5.04. The first kappa shape index (κ1) is 17.2. The summed E-state index contributed by atoms with van der Waals surface area (Å²) < 4.78 is 7.28. The minimum atomic E-state index is -0.167. The number of carbonyl (C=O) groups excluding carboxylic acids is 1. The summed E-state index contributed by atoms with van der Waals surface area (Å²) in [5.74, 6) is 1.69. The van der Waals surface area contributed by atoms with Crippen molar-refractivity contribution in [3.05, 3.63) is 48.7 Å². The molecule has 8 heteroatoms. The Morgan fingerprint density at radius 2 is 2.12 bits per heavy atom. The Kier molecular flexibility index (Phi) is 5.49. The molecule has 0 radical (unpaired) electrons. The fourth-order valence-electron chi connectivity index (χ4n) is 2.42. The maximum Gasteiger partial charge on any atom is 0.231 e. The number of aromatic nitrogens is 4. The van der Waals surface area contributed by atoms with Gasteiger partial charge in [0.25, 0.3) is 0 Å². The quantitative estimate of drug-likeness (QED) is 0.654. The van der Waals surface area contributed by atoms with Crippen molar-refractivity contribution in [2.24, 2.45) is 0 Å². The minimum Gasteiger partial charge on any atom is -0.467 e. The van der Waals surface area contributed by atoms with Crippen LogP contribution in [-0.4, -0.2) is 31.4 Å². The summed E-state index contributed by atoms with van der Waals surface area (Å²) in [5, 5.41) is 12.1. The summed E-state index contributed by atoms with van der Waals surface area (Å²) >= 11 is 1.37. The summed E-state index contributed by atoms with van der Waals surface area (Å²) in [6.45, 7) is 4.63. The highest BCUT2D eigenvalue weighted by molar-refractivity contribution is 7.99. The van der Waals surface area contributed by atoms with Crippen molar-refractivity contribution in [2.45, 2.75) is 31.6 Å². The number of rotatable bonds is 7. The van der Waals surface area contributed by atoms with E-state index in [1.807, 2.05) is 36.6 Å². The molecule has 3 aromatic heterocycles. The SMILES string of the molecule is CCn1c(SCC(=O)N[C@H](C)c2ccco2)nnc1-c1ccncc1. The first-order valence-electron chi connectivity index (χ1n) is 7.98. The smallest absolute Gasteiger partial charge is 0.231 e. The lowest BCUT2D eigenvalue weighted by Crippen LogP contribution is -2.28. The largest absolute Gasteiger partial charge is 0.467 e. The number of thioether (sulfide) groups is 1. The molecule has 1 atom stereocenters. The molecular weight excluding hydrogens is 338 g/mol. The van der Waals surface area contributed by atoms with E-state index in [2.05, 4.69) is 20.5 Å². The first-order valence-corrected chi connectivity index (χ1v) is 8.96. The number of nitrogens with one attached hydrogen (secondary N) is 1. The van der Waals surface area contributed by atoms with E-state index in [1.165, 1.54) is 11.8 Å². The molecule has 0 aliphatic heterocycles. The molecule has 1 N–H and O–H groups in total. The zero-order valence-corrected chi connectivity index (χ0v) is 14.9. The van der Waals surface area contributed by atoms with Gasteiger partial charge in [0.1, 0.15) is 5.76 Å². The summed E-state index contributed by atoms with van der Waals surface area (Å²) in [5.41, 5.74) is 0.951. The molecule has 25 heavy (non-hydrogen) atoms. The Bertz CT molecular complexity index is 817. The van der Waals surface area contributed by atoms with E-state index in [0.717, 1.165) is 28.8 Å². The van der Waals surface area contributed by atoms with Crippen LogP contribution in [-0.2, 0) is 11.3 Å². The van der Waals surface area contributed by atoms with Gasteiger partial charge in [0.05, 0.1) is 18.1 Å². The van der Waals surface area contributed by atoms with Gasteiger partial charge in [0, 0.05) is 24.5 Å². The number of carbonyl (C=O) groups is 1. The van der Waals surface area contributed by atoms with Gasteiger partial charge in [-0.1, -0.05) is 11.8 Å². The van der Waals surface area contributed by atoms with Gasteiger partial charge in [-0.25, -0.2) is 0 Å². The van der Waals surface area contributed by atoms with Gasteiger partial charge >= 0.3 is 0 Å². The van der Waals surface area contributed by atoms with Gasteiger partial charge in [0.2, 0.25) is 5.91 Å². The standard InChI is InChI=1S/C17H19N5O2S/c1-3-22-16(13-6-8-18-9-7-13)20-21-17(22)25-11-15(23)19-12(2)14-5-4-10-24-14/h4-10,12H,3,11H2,1-2H3,(H,19,23)/t12-/m1/s1. The van der Waals surface area contributed by atoms with E-state index >= 15 is 0 Å². The van der Waals surface area contributed by atoms with Crippen molar-refractivity contribution in [3.8, 4) is 11.4 Å². The Morgan fingerprint density at radius 1 is 1.32 bits per heavy atom. The average Bonchev–Trinajstić information content (AvgIpc) is 3.30. The van der Waals surface area contributed by atoms with E-state index in [0.29, 0.717) is 0 Å². The van der Waals surface area contributed by atoms with Gasteiger partial charge in [-0.3, -0.25) is 9.78 Å². The van der Waals surface area contributed by atoms with Crippen molar-refractivity contribution >= 4 is 17.7 Å². The number of furan rings is 1. The van der Waals surface area contributed by atoms with Crippen LogP contribution in [0.5, 0.6) is 0 Å². The monoisotopic (exact) mass is 357 g/mol. The van der Waals surface area contributed by atoms with E-state index < -0.39 is 0 Å². The summed E-state index contributed by atoms with van der Waals surface area (Å²) in [7, 11) is 0. The number of hydrogen-bond acceptors (Lipinski definition) is 6. The lowest BCUT2D eigenvalue weighted by atomic mass is 10.2. The van der Waals surface area contributed by atoms with E-state index in [4.69, 9.17) is 4.42 Å². The summed E-state index contributed by atoms with van der Waals surface area (Å²) in [4.78, 5) is 16.2. The summed E-state index contributed by atoms with van der Waals surface area (Å²) in [6, 6.07) is 7.26. The van der Waals surface area contributed by atoms with Crippen LogP contribution in [0.25, 0.3) is 11.4 Å². The van der Waals surface area contributed by atoms with Crippen LogP contribution in [0.15, 0.2) is 52.5 Å². The van der Waals surface area contributed by atoms with Crippen molar-refractivity contribution in [1.29, 1.82) is 0 Å². The molecule has 0 aliphatic rings. The molecule has 0 aliphatic carbocycles. The van der Waals surface area contributed by atoms with Crippen LogP contribution >= 0.6 is 11.8 Å². The Balaban J connectivity index is 1.63. The molecular formula is C17H19N5O2S. The molecule has 0 spiro atoms. The highest BCUT2D eigenvalue weighted by atomic mass is 32.2. The minimum absolute atomic E-state index is 0.0787. The molecule has 1 amide bonds. The average molecular weight is 357 g/mol. The van der Waals surface area contributed by atoms with Gasteiger partial charge in [-0.05, 0) is 38.1 Å². The highest BCUT2D eigenvalue weighted by Crippen LogP contribution is 2.23. The number of nitrogens with zero attached hydrogens (tertiary/aromatic N) is 4. The van der Waals surface area contributed by atoms with Crippen molar-refractivity contribution in [1.82, 2.24) is 25.1 Å². The lowest BCUT2D eigenvalue weighted by Gasteiger charge is -2.11. The van der Waals surface area contributed by atoms with Gasteiger partial charge in [-0.2, -0.15) is 0 Å². The van der Waals surface area contributed by atoms with Gasteiger partial charge in [0.15, 0.2) is 11.0 Å². The molecule has 0 saturated heterocycles. The lowest BCUT2D eigenvalue weighted by molar-refractivity contribution is -0.119. The molecule has 0 saturated carbocycles. The number of pyridine rings is 1. The van der Waals surface area contributed by atoms with Crippen LogP contribution in [0.1, 0.15) is 25.6 Å². The highest BCUT2D eigenvalue weighted by Gasteiger charge is 2.16. The molecule has 3 rings (SSSR count). The first-order chi connectivity index (χ1) is 12.2. The predicted molar refractivity (Wildman–Crippen MR) is 94.9 cm³/mol. The second-order valence-electron chi connectivity index (χ2n) is 5.38. The molecule has 0 unspecified atom stereocenters. The van der Waals surface area contributed by atoms with E-state index in [-0.39, 0.29) is 17.7 Å². The third-order valence-corrected chi connectivity index (χ3v) is 4.62. The topological polar surface area (TPSA) is 85.8 Å². The van der Waals surface area contributed by atoms with Crippen LogP contribution in [0.2, 0.25) is 0 Å². The van der Waals surface area contributed by atoms with Crippen LogP contribution in [0.3, 0.4) is 0 Å². The van der Waals surface area contributed by atoms with E-state index in [1.54, 1.807) is 24.7 Å². The predicted octanol–water partition coefficient (Wildman–Crippen LogP) is 2.92. The maximum absolute atomic E-state index is 12.2. The van der Waals surface area contributed by atoms with Crippen LogP contribution in [0.4, 0.5) is 0 Å². The molecule has 0 bridgehead atoms. The Morgan fingerprint density at radius 3 is 2.80 bits per heavy atom. The second kappa shape index (κ2) is 7.98. The fourth-order valence-corrected chi connectivity index (χ4v) is 3.23. The molecule has 0 fully saturated rings. The normalized spacial score (nSPS) is 12.1. The third kappa shape index (κ3) is 4.08. The zero-order chi connectivity index (χ0) is 17.6. The number of hydrogen-bond donors (Lipinski definition) is 1. The van der Waals surface area contributed by atoms with Gasteiger partial charge < -0.3 is 14.3 Å². The van der Waals surface area contributed by atoms with Crippen LogP contribution < -0.4 is 5.32 Å². The van der Waals surface area contributed by atoms with Crippen molar-refractivity contribution < 1.29 is 9.21 Å². The zero-order valence-electron chi connectivity index (χ0n) is 14.0. The fraction of sp³-hybridized carbons (Fsp3) is 0.294. The molecule has 3 aromatic rings. The maximum atomic E-state index is 12.2.